The van der Waals surface area contributed by atoms with Gasteiger partial charge in [0.15, 0.2) is 0 Å². The first kappa shape index (κ1) is 17.3. The SMILES string of the molecule is O[C@@H]1C[C@@H]2CN(Cc3ccccc3)CC3(CN(Cc4ccccn4)C3)N2C1. The van der Waals surface area contributed by atoms with Crippen molar-refractivity contribution in [2.45, 2.75) is 37.2 Å². The summed E-state index contributed by atoms with van der Waals surface area (Å²) in [5.41, 5.74) is 2.70. The van der Waals surface area contributed by atoms with E-state index in [-0.39, 0.29) is 11.6 Å². The smallest absolute Gasteiger partial charge is 0.0682 e. The number of piperazine rings is 1. The number of aliphatic hydroxyl groups excluding tert-OH is 1. The van der Waals surface area contributed by atoms with Gasteiger partial charge in [-0.05, 0) is 24.1 Å². The number of pyridine rings is 1. The quantitative estimate of drug-likeness (QED) is 0.892. The van der Waals surface area contributed by atoms with E-state index in [0.717, 1.165) is 57.9 Å². The van der Waals surface area contributed by atoms with Crippen molar-refractivity contribution in [3.8, 4) is 0 Å². The van der Waals surface area contributed by atoms with Gasteiger partial charge in [-0.25, -0.2) is 0 Å². The van der Waals surface area contributed by atoms with E-state index in [0.29, 0.717) is 6.04 Å². The summed E-state index contributed by atoms with van der Waals surface area (Å²) in [7, 11) is 0. The zero-order chi connectivity index (χ0) is 18.3. The van der Waals surface area contributed by atoms with Gasteiger partial charge in [-0.1, -0.05) is 36.4 Å². The fourth-order valence-corrected chi connectivity index (χ4v) is 5.38. The molecule has 5 heteroatoms. The molecule has 3 fully saturated rings. The fourth-order valence-electron chi connectivity index (χ4n) is 5.38. The summed E-state index contributed by atoms with van der Waals surface area (Å²) >= 11 is 0. The van der Waals surface area contributed by atoms with Crippen molar-refractivity contribution in [2.24, 2.45) is 0 Å². The summed E-state index contributed by atoms with van der Waals surface area (Å²) in [6, 6.07) is 17.4. The first-order valence-corrected chi connectivity index (χ1v) is 10.0. The molecule has 0 saturated carbocycles. The molecule has 0 aliphatic carbocycles. The third-order valence-corrected chi connectivity index (χ3v) is 6.39. The van der Waals surface area contributed by atoms with E-state index in [1.807, 2.05) is 12.3 Å². The van der Waals surface area contributed by atoms with E-state index in [4.69, 9.17) is 0 Å². The van der Waals surface area contributed by atoms with Crippen LogP contribution in [-0.2, 0) is 13.1 Å². The first-order chi connectivity index (χ1) is 13.2. The van der Waals surface area contributed by atoms with Gasteiger partial charge < -0.3 is 5.11 Å². The Morgan fingerprint density at radius 1 is 0.926 bits per heavy atom. The zero-order valence-electron chi connectivity index (χ0n) is 15.7. The Balaban J connectivity index is 1.30. The van der Waals surface area contributed by atoms with Crippen molar-refractivity contribution in [3.05, 3.63) is 66.0 Å². The molecule has 0 unspecified atom stereocenters. The van der Waals surface area contributed by atoms with Gasteiger partial charge in [0, 0.05) is 58.1 Å². The fraction of sp³-hybridized carbons (Fsp3) is 0.500. The normalized spacial score (nSPS) is 28.2. The first-order valence-electron chi connectivity index (χ1n) is 10.0. The van der Waals surface area contributed by atoms with Gasteiger partial charge in [0.25, 0.3) is 0 Å². The highest BCUT2D eigenvalue weighted by molar-refractivity contribution is 5.18. The Labute approximate surface area is 161 Å². The Hall–Kier alpha value is -1.79. The van der Waals surface area contributed by atoms with Crippen LogP contribution in [0.15, 0.2) is 54.7 Å². The summed E-state index contributed by atoms with van der Waals surface area (Å²) in [5, 5.41) is 10.3. The molecule has 3 aliphatic rings. The molecule has 3 saturated heterocycles. The Bertz CT molecular complexity index is 762. The maximum Gasteiger partial charge on any atom is 0.0682 e. The number of likely N-dealkylation sites (tertiary alicyclic amines) is 1. The number of nitrogens with zero attached hydrogens (tertiary/aromatic N) is 4. The van der Waals surface area contributed by atoms with E-state index in [1.54, 1.807) is 0 Å². The average molecular weight is 364 g/mol. The van der Waals surface area contributed by atoms with Gasteiger partial charge in [-0.2, -0.15) is 0 Å². The van der Waals surface area contributed by atoms with Crippen molar-refractivity contribution in [1.82, 2.24) is 19.7 Å². The molecule has 1 aromatic heterocycles. The Morgan fingerprint density at radius 2 is 1.70 bits per heavy atom. The second kappa shape index (κ2) is 6.99. The molecule has 4 heterocycles. The van der Waals surface area contributed by atoms with Crippen LogP contribution in [0.1, 0.15) is 17.7 Å². The maximum atomic E-state index is 10.3. The minimum Gasteiger partial charge on any atom is -0.392 e. The van der Waals surface area contributed by atoms with Crippen LogP contribution in [0.3, 0.4) is 0 Å². The van der Waals surface area contributed by atoms with Crippen LogP contribution >= 0.6 is 0 Å². The summed E-state index contributed by atoms with van der Waals surface area (Å²) in [5.74, 6) is 0. The van der Waals surface area contributed by atoms with Gasteiger partial charge >= 0.3 is 0 Å². The molecule has 2 aromatic rings. The number of benzene rings is 1. The summed E-state index contributed by atoms with van der Waals surface area (Å²) in [4.78, 5) is 12.2. The van der Waals surface area contributed by atoms with Crippen LogP contribution in [0.4, 0.5) is 0 Å². The molecule has 0 radical (unpaired) electrons. The highest BCUT2D eigenvalue weighted by Gasteiger charge is 2.55. The van der Waals surface area contributed by atoms with Crippen LogP contribution in [0.5, 0.6) is 0 Å². The molecule has 1 N–H and O–H groups in total. The van der Waals surface area contributed by atoms with Gasteiger partial charge in [0.2, 0.25) is 0 Å². The van der Waals surface area contributed by atoms with Gasteiger partial charge in [-0.15, -0.1) is 0 Å². The monoisotopic (exact) mass is 364 g/mol. The molecule has 0 amide bonds. The third kappa shape index (κ3) is 3.41. The minimum absolute atomic E-state index is 0.173. The van der Waals surface area contributed by atoms with Gasteiger partial charge in [0.1, 0.15) is 0 Å². The molecule has 5 nitrogen and oxygen atoms in total. The maximum absolute atomic E-state index is 10.3. The second-order valence-electron chi connectivity index (χ2n) is 8.54. The van der Waals surface area contributed by atoms with E-state index >= 15 is 0 Å². The molecule has 1 aromatic carbocycles. The summed E-state index contributed by atoms with van der Waals surface area (Å²) in [6.07, 6.45) is 2.61. The van der Waals surface area contributed by atoms with Gasteiger partial charge in [0.05, 0.1) is 17.3 Å². The molecule has 1 spiro atoms. The molecule has 2 atom stereocenters. The third-order valence-electron chi connectivity index (χ3n) is 6.39. The zero-order valence-corrected chi connectivity index (χ0v) is 15.7. The molecule has 5 rings (SSSR count). The van der Waals surface area contributed by atoms with Crippen molar-refractivity contribution in [3.63, 3.8) is 0 Å². The standard InChI is InChI=1S/C22H28N4O/c27-21-10-20-13-24(11-18-6-2-1-3-7-18)15-22(26(20)14-21)16-25(17-22)12-19-8-4-5-9-23-19/h1-9,20-21,27H,10-17H2/t20-,21-/m1/s1. The van der Waals surface area contributed by atoms with E-state index < -0.39 is 0 Å². The number of aliphatic hydroxyl groups is 1. The number of hydrogen-bond acceptors (Lipinski definition) is 5. The lowest BCUT2D eigenvalue weighted by molar-refractivity contribution is -0.118. The molecular formula is C22H28N4O. The van der Waals surface area contributed by atoms with E-state index in [9.17, 15) is 5.11 Å². The predicted octanol–water partition coefficient (Wildman–Crippen LogP) is 1.59. The number of β-amino-alcohol motifs (C(OH)–C–C–N with tert-alkyl or cyclic N) is 1. The molecule has 3 aliphatic heterocycles. The summed E-state index contributed by atoms with van der Waals surface area (Å²) < 4.78 is 0. The van der Waals surface area contributed by atoms with Crippen LogP contribution < -0.4 is 0 Å². The van der Waals surface area contributed by atoms with E-state index in [1.165, 1.54) is 5.56 Å². The van der Waals surface area contributed by atoms with Crippen LogP contribution in [-0.4, -0.2) is 75.2 Å². The molecule has 0 bridgehead atoms. The largest absolute Gasteiger partial charge is 0.392 e. The van der Waals surface area contributed by atoms with Crippen molar-refractivity contribution in [2.75, 3.05) is 32.7 Å². The Morgan fingerprint density at radius 3 is 2.48 bits per heavy atom. The average Bonchev–Trinajstić information content (AvgIpc) is 3.03. The lowest BCUT2D eigenvalue weighted by Gasteiger charge is -2.61. The highest BCUT2D eigenvalue weighted by atomic mass is 16.3. The second-order valence-corrected chi connectivity index (χ2v) is 8.54. The van der Waals surface area contributed by atoms with Gasteiger partial charge in [-0.3, -0.25) is 19.7 Å². The molecular weight excluding hydrogens is 336 g/mol. The predicted molar refractivity (Wildman–Crippen MR) is 105 cm³/mol. The molecule has 27 heavy (non-hydrogen) atoms. The molecule has 142 valence electrons. The van der Waals surface area contributed by atoms with Crippen LogP contribution in [0.25, 0.3) is 0 Å². The van der Waals surface area contributed by atoms with E-state index in [2.05, 4.69) is 62.1 Å². The van der Waals surface area contributed by atoms with Crippen molar-refractivity contribution in [1.29, 1.82) is 0 Å². The topological polar surface area (TPSA) is 42.8 Å². The Kier molecular flexibility index (Phi) is 4.48. The van der Waals surface area contributed by atoms with Crippen molar-refractivity contribution < 1.29 is 5.11 Å². The van der Waals surface area contributed by atoms with Crippen molar-refractivity contribution >= 4 is 0 Å². The number of fused-ring (bicyclic) bond motifs is 2. The lowest BCUT2D eigenvalue weighted by atomic mass is 9.83. The minimum atomic E-state index is -0.173. The lowest BCUT2D eigenvalue weighted by Crippen LogP contribution is -2.77. The highest BCUT2D eigenvalue weighted by Crippen LogP contribution is 2.39. The number of aromatic nitrogens is 1. The number of hydrogen-bond donors (Lipinski definition) is 1. The van der Waals surface area contributed by atoms with Crippen LogP contribution in [0.2, 0.25) is 0 Å². The number of rotatable bonds is 4. The summed E-state index contributed by atoms with van der Waals surface area (Å²) in [6.45, 7) is 7.04. The van der Waals surface area contributed by atoms with Crippen LogP contribution in [0, 0.1) is 0 Å².